The van der Waals surface area contributed by atoms with Crippen LogP contribution in [0.4, 0.5) is 5.69 Å². The molecule has 0 aromatic heterocycles. The smallest absolute Gasteiger partial charge is 0.243 e. The van der Waals surface area contributed by atoms with Gasteiger partial charge < -0.3 is 19.7 Å². The van der Waals surface area contributed by atoms with E-state index < -0.39 is 16.1 Å². The Labute approximate surface area is 220 Å². The van der Waals surface area contributed by atoms with Crippen LogP contribution in [0.2, 0.25) is 0 Å². The second kappa shape index (κ2) is 13.9. The number of carbonyl (C=O) groups is 2. The molecular formula is C27H39N3O6S. The van der Waals surface area contributed by atoms with Crippen LogP contribution in [0.5, 0.6) is 11.5 Å². The van der Waals surface area contributed by atoms with Gasteiger partial charge in [0.2, 0.25) is 21.8 Å². The van der Waals surface area contributed by atoms with Gasteiger partial charge in [-0.15, -0.1) is 0 Å². The molecule has 0 saturated carbocycles. The molecule has 0 saturated heterocycles. The Morgan fingerprint density at radius 3 is 2.19 bits per heavy atom. The molecule has 0 fully saturated rings. The number of ether oxygens (including phenoxy) is 2. The lowest BCUT2D eigenvalue weighted by Crippen LogP contribution is -2.50. The van der Waals surface area contributed by atoms with Crippen molar-refractivity contribution in [3.8, 4) is 11.5 Å². The standard InChI is InChI=1S/C27H39N3O6S/c1-7-23(27(32)28-20(2)3)29(19-21-14-16-22(35-4)17-15-21)26(31)13-10-18-30(37(6,33)34)24-11-8-9-12-25(24)36-5/h8-9,11-12,14-17,20,23H,7,10,13,18-19H2,1-6H3,(H,28,32)/t23-/m1/s1. The molecular weight excluding hydrogens is 494 g/mol. The topological polar surface area (TPSA) is 105 Å². The van der Waals surface area contributed by atoms with Crippen LogP contribution >= 0.6 is 0 Å². The number of sulfonamides is 1. The number of carbonyl (C=O) groups excluding carboxylic acids is 2. The first-order valence-electron chi connectivity index (χ1n) is 12.3. The number of methoxy groups -OCH3 is 2. The van der Waals surface area contributed by atoms with E-state index in [-0.39, 0.29) is 43.8 Å². The van der Waals surface area contributed by atoms with Gasteiger partial charge in [-0.25, -0.2) is 8.42 Å². The molecule has 0 aliphatic heterocycles. The van der Waals surface area contributed by atoms with Gasteiger partial charge in [0.25, 0.3) is 0 Å². The van der Waals surface area contributed by atoms with E-state index in [1.807, 2.05) is 45.0 Å². The summed E-state index contributed by atoms with van der Waals surface area (Å²) in [5.41, 5.74) is 1.27. The van der Waals surface area contributed by atoms with E-state index in [2.05, 4.69) is 5.32 Å². The van der Waals surface area contributed by atoms with Crippen LogP contribution in [-0.2, 0) is 26.2 Å². The first-order chi connectivity index (χ1) is 17.5. The van der Waals surface area contributed by atoms with Crippen LogP contribution in [0.3, 0.4) is 0 Å². The average Bonchev–Trinajstić information content (AvgIpc) is 2.85. The fourth-order valence-electron chi connectivity index (χ4n) is 4.05. The minimum Gasteiger partial charge on any atom is -0.497 e. The van der Waals surface area contributed by atoms with Crippen LogP contribution < -0.4 is 19.1 Å². The molecule has 2 aromatic rings. The Bertz CT molecular complexity index is 1140. The van der Waals surface area contributed by atoms with Crippen molar-refractivity contribution < 1.29 is 27.5 Å². The maximum absolute atomic E-state index is 13.5. The zero-order valence-electron chi connectivity index (χ0n) is 22.6. The number of para-hydroxylation sites is 2. The predicted molar refractivity (Wildman–Crippen MR) is 145 cm³/mol. The van der Waals surface area contributed by atoms with Crippen molar-refractivity contribution in [2.24, 2.45) is 0 Å². The second-order valence-corrected chi connectivity index (χ2v) is 11.0. The summed E-state index contributed by atoms with van der Waals surface area (Å²) in [7, 11) is -0.558. The van der Waals surface area contributed by atoms with E-state index in [0.29, 0.717) is 23.6 Å². The van der Waals surface area contributed by atoms with Crippen LogP contribution in [0.15, 0.2) is 48.5 Å². The summed E-state index contributed by atoms with van der Waals surface area (Å²) in [6.07, 6.45) is 1.91. The third-order valence-corrected chi connectivity index (χ3v) is 7.01. The molecule has 204 valence electrons. The highest BCUT2D eigenvalue weighted by Crippen LogP contribution is 2.30. The Kier molecular flexibility index (Phi) is 11.2. The predicted octanol–water partition coefficient (Wildman–Crippen LogP) is 3.58. The van der Waals surface area contributed by atoms with Gasteiger partial charge in [-0.3, -0.25) is 13.9 Å². The molecule has 37 heavy (non-hydrogen) atoms. The molecule has 2 rings (SSSR count). The minimum atomic E-state index is -3.62. The van der Waals surface area contributed by atoms with E-state index in [9.17, 15) is 18.0 Å². The molecule has 2 aromatic carbocycles. The summed E-state index contributed by atoms with van der Waals surface area (Å²) in [4.78, 5) is 28.0. The van der Waals surface area contributed by atoms with E-state index in [1.54, 1.807) is 36.3 Å². The lowest BCUT2D eigenvalue weighted by atomic mass is 10.1. The second-order valence-electron chi connectivity index (χ2n) is 9.07. The summed E-state index contributed by atoms with van der Waals surface area (Å²) in [5, 5.41) is 2.91. The first-order valence-corrected chi connectivity index (χ1v) is 14.2. The molecule has 0 aliphatic rings. The van der Waals surface area contributed by atoms with Crippen molar-refractivity contribution in [2.45, 2.75) is 58.7 Å². The number of benzene rings is 2. The molecule has 10 heteroatoms. The molecule has 0 radical (unpaired) electrons. The van der Waals surface area contributed by atoms with Crippen LogP contribution in [0, 0.1) is 0 Å². The van der Waals surface area contributed by atoms with Gasteiger partial charge in [-0.1, -0.05) is 31.2 Å². The maximum Gasteiger partial charge on any atom is 0.243 e. The molecule has 1 N–H and O–H groups in total. The number of rotatable bonds is 14. The molecule has 9 nitrogen and oxygen atoms in total. The van der Waals surface area contributed by atoms with Crippen molar-refractivity contribution in [1.29, 1.82) is 0 Å². The largest absolute Gasteiger partial charge is 0.497 e. The van der Waals surface area contributed by atoms with Crippen molar-refractivity contribution in [2.75, 3.05) is 31.3 Å². The van der Waals surface area contributed by atoms with E-state index in [0.717, 1.165) is 11.8 Å². The number of nitrogens with one attached hydrogen (secondary N) is 1. The van der Waals surface area contributed by atoms with Gasteiger partial charge in [0.15, 0.2) is 0 Å². The summed E-state index contributed by atoms with van der Waals surface area (Å²) in [6.45, 7) is 5.95. The number of nitrogens with zero attached hydrogens (tertiary/aromatic N) is 2. The first kappa shape index (κ1) is 30.0. The Balaban J connectivity index is 2.25. The number of amides is 2. The molecule has 2 amide bonds. The Morgan fingerprint density at radius 1 is 1.00 bits per heavy atom. The molecule has 1 atom stereocenters. The molecule has 0 spiro atoms. The molecule has 0 bridgehead atoms. The van der Waals surface area contributed by atoms with E-state index in [4.69, 9.17) is 9.47 Å². The van der Waals surface area contributed by atoms with Crippen molar-refractivity contribution in [3.63, 3.8) is 0 Å². The Hall–Kier alpha value is -3.27. The summed E-state index contributed by atoms with van der Waals surface area (Å²) in [6, 6.07) is 13.5. The summed E-state index contributed by atoms with van der Waals surface area (Å²) in [5.74, 6) is 0.682. The van der Waals surface area contributed by atoms with Crippen LogP contribution in [-0.4, -0.2) is 64.2 Å². The van der Waals surface area contributed by atoms with E-state index >= 15 is 0 Å². The van der Waals surface area contributed by atoms with Crippen molar-refractivity contribution in [1.82, 2.24) is 10.2 Å². The summed E-state index contributed by atoms with van der Waals surface area (Å²) < 4.78 is 36.9. The molecule has 0 aliphatic carbocycles. The third-order valence-electron chi connectivity index (χ3n) is 5.83. The molecule has 0 unspecified atom stereocenters. The third kappa shape index (κ3) is 8.66. The van der Waals surface area contributed by atoms with Gasteiger partial charge in [-0.05, 0) is 56.5 Å². The fraction of sp³-hybridized carbons (Fsp3) is 0.481. The number of hydrogen-bond donors (Lipinski definition) is 1. The van der Waals surface area contributed by atoms with Crippen molar-refractivity contribution >= 4 is 27.5 Å². The highest BCUT2D eigenvalue weighted by atomic mass is 32.2. The molecule has 0 heterocycles. The van der Waals surface area contributed by atoms with Crippen LogP contribution in [0.25, 0.3) is 0 Å². The normalized spacial score (nSPS) is 12.1. The van der Waals surface area contributed by atoms with Crippen molar-refractivity contribution in [3.05, 3.63) is 54.1 Å². The van der Waals surface area contributed by atoms with Gasteiger partial charge >= 0.3 is 0 Å². The van der Waals surface area contributed by atoms with Gasteiger partial charge in [0.1, 0.15) is 17.5 Å². The SMILES string of the molecule is CC[C@H](C(=O)NC(C)C)N(Cc1ccc(OC)cc1)C(=O)CCCN(c1ccccc1OC)S(C)(=O)=O. The van der Waals surface area contributed by atoms with Crippen LogP contribution in [0.1, 0.15) is 45.6 Å². The highest BCUT2D eigenvalue weighted by molar-refractivity contribution is 7.92. The van der Waals surface area contributed by atoms with Gasteiger partial charge in [0, 0.05) is 25.6 Å². The summed E-state index contributed by atoms with van der Waals surface area (Å²) >= 11 is 0. The number of anilines is 1. The number of hydrogen-bond acceptors (Lipinski definition) is 6. The van der Waals surface area contributed by atoms with E-state index in [1.165, 1.54) is 11.4 Å². The highest BCUT2D eigenvalue weighted by Gasteiger charge is 2.29. The monoisotopic (exact) mass is 533 g/mol. The minimum absolute atomic E-state index is 0.0661. The zero-order chi connectivity index (χ0) is 27.6. The van der Waals surface area contributed by atoms with Gasteiger partial charge in [0.05, 0.1) is 26.2 Å². The van der Waals surface area contributed by atoms with Gasteiger partial charge in [-0.2, -0.15) is 0 Å². The zero-order valence-corrected chi connectivity index (χ0v) is 23.4. The maximum atomic E-state index is 13.5. The lowest BCUT2D eigenvalue weighted by Gasteiger charge is -2.31. The fourth-order valence-corrected chi connectivity index (χ4v) is 5.01. The lowest BCUT2D eigenvalue weighted by molar-refractivity contribution is -0.141. The Morgan fingerprint density at radius 2 is 1.65 bits per heavy atom. The average molecular weight is 534 g/mol. The quantitative estimate of drug-likeness (QED) is 0.398.